The zero-order chi connectivity index (χ0) is 22.9. The Morgan fingerprint density at radius 2 is 1.84 bits per heavy atom. The summed E-state index contributed by atoms with van der Waals surface area (Å²) >= 11 is 4.73. The Balaban J connectivity index is 1.57. The number of nitrogens with one attached hydrogen (secondary N) is 1. The predicted octanol–water partition coefficient (Wildman–Crippen LogP) is 5.64. The fraction of sp³-hybridized carbons (Fsp3) is 0.250. The monoisotopic (exact) mass is 512 g/mol. The number of aromatic nitrogens is 2. The van der Waals surface area contributed by atoms with Crippen LogP contribution < -0.4 is 5.32 Å². The van der Waals surface area contributed by atoms with Crippen LogP contribution in [0.25, 0.3) is 16.6 Å². The largest absolute Gasteiger partial charge is 0.336 e. The average molecular weight is 513 g/mol. The summed E-state index contributed by atoms with van der Waals surface area (Å²) in [5.41, 5.74) is 1.89. The molecule has 1 unspecified atom stereocenters. The van der Waals surface area contributed by atoms with Crippen molar-refractivity contribution in [2.45, 2.75) is 32.7 Å². The molecule has 0 aliphatic heterocycles. The highest BCUT2D eigenvalue weighted by molar-refractivity contribution is 9.10. The maximum absolute atomic E-state index is 12.8. The van der Waals surface area contributed by atoms with E-state index in [1.807, 2.05) is 68.4 Å². The van der Waals surface area contributed by atoms with E-state index in [0.29, 0.717) is 11.7 Å². The van der Waals surface area contributed by atoms with Crippen molar-refractivity contribution in [2.75, 3.05) is 11.9 Å². The number of anilines is 1. The molecule has 32 heavy (non-hydrogen) atoms. The van der Waals surface area contributed by atoms with Gasteiger partial charge in [-0.15, -0.1) is 10.2 Å². The molecule has 166 valence electrons. The van der Waals surface area contributed by atoms with Crippen molar-refractivity contribution in [3.8, 4) is 10.6 Å². The van der Waals surface area contributed by atoms with E-state index < -0.39 is 0 Å². The number of hydrogen-bond acceptors (Lipinski definition) is 5. The Bertz CT molecular complexity index is 1070. The van der Waals surface area contributed by atoms with Crippen molar-refractivity contribution in [1.29, 1.82) is 0 Å². The van der Waals surface area contributed by atoms with Gasteiger partial charge in [-0.25, -0.2) is 0 Å². The second-order valence-corrected chi connectivity index (χ2v) is 9.14. The van der Waals surface area contributed by atoms with E-state index in [1.54, 1.807) is 17.1 Å². The number of amides is 2. The predicted molar refractivity (Wildman–Crippen MR) is 133 cm³/mol. The Kier molecular flexibility index (Phi) is 8.70. The van der Waals surface area contributed by atoms with Gasteiger partial charge in [0.25, 0.3) is 0 Å². The second-order valence-electron chi connectivity index (χ2n) is 7.25. The first-order valence-electron chi connectivity index (χ1n) is 10.4. The van der Waals surface area contributed by atoms with Crippen molar-refractivity contribution in [3.63, 3.8) is 0 Å². The summed E-state index contributed by atoms with van der Waals surface area (Å²) < 4.78 is 0.985. The number of rotatable bonds is 9. The SMILES string of the molecule is CCC(C)N(CCC(=O)Nc1nnc(-c2ccc(Br)cc2)s1)C(=O)/C=C/c1ccccc1. The quantitative estimate of drug-likeness (QED) is 0.376. The van der Waals surface area contributed by atoms with Crippen molar-refractivity contribution in [2.24, 2.45) is 0 Å². The summed E-state index contributed by atoms with van der Waals surface area (Å²) in [7, 11) is 0. The van der Waals surface area contributed by atoms with Crippen LogP contribution in [0.3, 0.4) is 0 Å². The molecule has 1 N–H and O–H groups in total. The minimum atomic E-state index is -0.198. The number of nitrogens with zero attached hydrogens (tertiary/aromatic N) is 3. The topological polar surface area (TPSA) is 75.2 Å². The van der Waals surface area contributed by atoms with Crippen molar-refractivity contribution < 1.29 is 9.59 Å². The molecule has 0 aliphatic carbocycles. The fourth-order valence-electron chi connectivity index (χ4n) is 2.98. The molecule has 0 fully saturated rings. The van der Waals surface area contributed by atoms with E-state index in [9.17, 15) is 9.59 Å². The first kappa shape index (κ1) is 23.8. The zero-order valence-electron chi connectivity index (χ0n) is 18.0. The minimum absolute atomic E-state index is 0.0289. The third kappa shape index (κ3) is 6.83. The van der Waals surface area contributed by atoms with Crippen LogP contribution in [0.4, 0.5) is 5.13 Å². The molecular weight excluding hydrogens is 488 g/mol. The summed E-state index contributed by atoms with van der Waals surface area (Å²) in [5, 5.41) is 12.2. The van der Waals surface area contributed by atoms with Crippen LogP contribution in [-0.4, -0.2) is 39.5 Å². The summed E-state index contributed by atoms with van der Waals surface area (Å²) in [6.45, 7) is 4.34. The normalized spacial score (nSPS) is 12.0. The lowest BCUT2D eigenvalue weighted by atomic mass is 10.1. The van der Waals surface area contributed by atoms with Crippen molar-refractivity contribution in [3.05, 3.63) is 70.7 Å². The number of carbonyl (C=O) groups excluding carboxylic acids is 2. The maximum Gasteiger partial charge on any atom is 0.246 e. The lowest BCUT2D eigenvalue weighted by Crippen LogP contribution is -2.39. The summed E-state index contributed by atoms with van der Waals surface area (Å²) in [5.74, 6) is -0.305. The summed E-state index contributed by atoms with van der Waals surface area (Å²) in [6.07, 6.45) is 4.35. The highest BCUT2D eigenvalue weighted by atomic mass is 79.9. The molecule has 1 heterocycles. The van der Waals surface area contributed by atoms with E-state index in [1.165, 1.54) is 11.3 Å². The molecule has 0 radical (unpaired) electrons. The summed E-state index contributed by atoms with van der Waals surface area (Å²) in [4.78, 5) is 27.0. The first-order chi connectivity index (χ1) is 15.5. The van der Waals surface area contributed by atoms with Crippen LogP contribution in [0.5, 0.6) is 0 Å². The smallest absolute Gasteiger partial charge is 0.246 e. The molecule has 2 aromatic carbocycles. The van der Waals surface area contributed by atoms with Crippen molar-refractivity contribution in [1.82, 2.24) is 15.1 Å². The van der Waals surface area contributed by atoms with Crippen molar-refractivity contribution >= 4 is 50.3 Å². The lowest BCUT2D eigenvalue weighted by molar-refractivity contribution is -0.128. The van der Waals surface area contributed by atoms with Gasteiger partial charge in [0.15, 0.2) is 0 Å². The molecule has 3 rings (SSSR count). The van der Waals surface area contributed by atoms with E-state index in [0.717, 1.165) is 27.0 Å². The Hall–Kier alpha value is -2.84. The maximum atomic E-state index is 12.8. The lowest BCUT2D eigenvalue weighted by Gasteiger charge is -2.27. The van der Waals surface area contributed by atoms with Gasteiger partial charge in [-0.1, -0.05) is 76.7 Å². The molecule has 0 saturated heterocycles. The van der Waals surface area contributed by atoms with Crippen LogP contribution >= 0.6 is 27.3 Å². The third-order valence-corrected chi connectivity index (χ3v) is 6.38. The number of benzene rings is 2. The zero-order valence-corrected chi connectivity index (χ0v) is 20.4. The molecule has 1 atom stereocenters. The van der Waals surface area contributed by atoms with E-state index >= 15 is 0 Å². The van der Waals surface area contributed by atoms with Gasteiger partial charge < -0.3 is 10.2 Å². The molecule has 0 saturated carbocycles. The van der Waals surface area contributed by atoms with E-state index in [2.05, 4.69) is 31.4 Å². The van der Waals surface area contributed by atoms with E-state index in [-0.39, 0.29) is 24.3 Å². The standard InChI is InChI=1S/C24H25BrN4O2S/c1-3-17(2)29(22(31)14-9-18-7-5-4-6-8-18)16-15-21(30)26-24-28-27-23(32-24)19-10-12-20(25)13-11-19/h4-14,17H,3,15-16H2,1-2H3,(H,26,28,30)/b14-9+. The number of carbonyl (C=O) groups is 2. The van der Waals surface area contributed by atoms with Gasteiger partial charge in [-0.2, -0.15) is 0 Å². The van der Waals surface area contributed by atoms with Gasteiger partial charge in [0.2, 0.25) is 16.9 Å². The molecule has 2 amide bonds. The van der Waals surface area contributed by atoms with Crippen LogP contribution in [0.1, 0.15) is 32.3 Å². The third-order valence-electron chi connectivity index (χ3n) is 4.97. The highest BCUT2D eigenvalue weighted by Gasteiger charge is 2.18. The fourth-order valence-corrected chi connectivity index (χ4v) is 4.01. The van der Waals surface area contributed by atoms with Gasteiger partial charge in [-0.05, 0) is 37.1 Å². The Labute approximate surface area is 200 Å². The summed E-state index contributed by atoms with van der Waals surface area (Å²) in [6, 6.07) is 17.4. The minimum Gasteiger partial charge on any atom is -0.336 e. The van der Waals surface area contributed by atoms with Gasteiger partial charge in [0.05, 0.1) is 0 Å². The van der Waals surface area contributed by atoms with E-state index in [4.69, 9.17) is 0 Å². The molecule has 6 nitrogen and oxygen atoms in total. The van der Waals surface area contributed by atoms with Gasteiger partial charge >= 0.3 is 0 Å². The second kappa shape index (κ2) is 11.7. The molecule has 1 aromatic heterocycles. The molecule has 0 aliphatic rings. The first-order valence-corrected chi connectivity index (χ1v) is 12.0. The molecule has 8 heteroatoms. The van der Waals surface area contributed by atoms with Gasteiger partial charge in [-0.3, -0.25) is 9.59 Å². The van der Waals surface area contributed by atoms with Gasteiger partial charge in [0, 0.05) is 35.1 Å². The number of halogens is 1. The molecule has 3 aromatic rings. The Morgan fingerprint density at radius 1 is 1.12 bits per heavy atom. The number of hydrogen-bond donors (Lipinski definition) is 1. The highest BCUT2D eigenvalue weighted by Crippen LogP contribution is 2.27. The van der Waals surface area contributed by atoms with Gasteiger partial charge in [0.1, 0.15) is 5.01 Å². The molecule has 0 bridgehead atoms. The Morgan fingerprint density at radius 3 is 2.53 bits per heavy atom. The van der Waals surface area contributed by atoms with Crippen LogP contribution in [-0.2, 0) is 9.59 Å². The van der Waals surface area contributed by atoms with Crippen LogP contribution in [0.15, 0.2) is 65.1 Å². The van der Waals surface area contributed by atoms with Crippen LogP contribution in [0.2, 0.25) is 0 Å². The molecule has 0 spiro atoms. The average Bonchev–Trinajstić information content (AvgIpc) is 3.27. The van der Waals surface area contributed by atoms with Crippen LogP contribution in [0, 0.1) is 0 Å². The molecular formula is C24H25BrN4O2S.